The molecule has 0 aliphatic heterocycles. The van der Waals surface area contributed by atoms with Gasteiger partial charge in [-0.05, 0) is 12.1 Å². The Morgan fingerprint density at radius 2 is 2.17 bits per heavy atom. The van der Waals surface area contributed by atoms with Crippen molar-refractivity contribution in [3.63, 3.8) is 0 Å². The third-order valence-corrected chi connectivity index (χ3v) is 3.74. The Bertz CT molecular complexity index is 804. The molecule has 0 radical (unpaired) electrons. The molecule has 2 rings (SSSR count). The SMILES string of the molecule is CC(=O)Nc1nc(SCCO)c(C#N)c(-c2ccco2)c1C#N. The van der Waals surface area contributed by atoms with E-state index in [0.717, 1.165) is 11.8 Å². The number of hydrogen-bond donors (Lipinski definition) is 2. The van der Waals surface area contributed by atoms with Gasteiger partial charge in [-0.2, -0.15) is 10.5 Å². The van der Waals surface area contributed by atoms with Crippen LogP contribution in [0.4, 0.5) is 5.82 Å². The number of nitrogens with one attached hydrogen (secondary N) is 1. The van der Waals surface area contributed by atoms with Crippen LogP contribution in [0.15, 0.2) is 27.8 Å². The fourth-order valence-electron chi connectivity index (χ4n) is 1.95. The number of pyridine rings is 1. The molecule has 2 aromatic heterocycles. The molecule has 2 N–H and O–H groups in total. The molecule has 0 saturated heterocycles. The van der Waals surface area contributed by atoms with Gasteiger partial charge in [0.25, 0.3) is 0 Å². The van der Waals surface area contributed by atoms with Gasteiger partial charge in [0.2, 0.25) is 5.91 Å². The average Bonchev–Trinajstić information content (AvgIpc) is 3.05. The summed E-state index contributed by atoms with van der Waals surface area (Å²) in [5, 5.41) is 30.7. The van der Waals surface area contributed by atoms with Gasteiger partial charge in [-0.15, -0.1) is 11.8 Å². The highest BCUT2D eigenvalue weighted by Gasteiger charge is 2.23. The Balaban J connectivity index is 2.76. The standard InChI is InChI=1S/C15H12N4O3S/c1-9(21)18-14-10(7-16)13(12-3-2-5-22-12)11(8-17)15(19-14)23-6-4-20/h2-3,5,20H,4,6H2,1H3,(H,18,19,21). The van der Waals surface area contributed by atoms with E-state index in [9.17, 15) is 15.3 Å². The topological polar surface area (TPSA) is 123 Å². The molecule has 0 bridgehead atoms. The number of nitriles is 2. The second-order valence-corrected chi connectivity index (χ2v) is 5.43. The molecule has 0 saturated carbocycles. The first-order valence-electron chi connectivity index (χ1n) is 6.55. The molecule has 0 aromatic carbocycles. The Morgan fingerprint density at radius 3 is 2.70 bits per heavy atom. The maximum atomic E-state index is 11.4. The van der Waals surface area contributed by atoms with Crippen LogP contribution in [0.1, 0.15) is 18.1 Å². The number of carbonyl (C=O) groups excluding carboxylic acids is 1. The Morgan fingerprint density at radius 1 is 1.43 bits per heavy atom. The largest absolute Gasteiger partial charge is 0.464 e. The zero-order valence-corrected chi connectivity index (χ0v) is 13.0. The molecule has 116 valence electrons. The monoisotopic (exact) mass is 328 g/mol. The Kier molecular flexibility index (Phi) is 5.36. The van der Waals surface area contributed by atoms with E-state index in [1.54, 1.807) is 12.1 Å². The van der Waals surface area contributed by atoms with Crippen molar-refractivity contribution in [3.8, 4) is 23.5 Å². The number of amides is 1. The smallest absolute Gasteiger partial charge is 0.222 e. The molecule has 7 nitrogen and oxygen atoms in total. The van der Waals surface area contributed by atoms with Crippen LogP contribution in [0.25, 0.3) is 11.3 Å². The number of aromatic nitrogens is 1. The van der Waals surface area contributed by atoms with Crippen molar-refractivity contribution in [2.24, 2.45) is 0 Å². The molecular weight excluding hydrogens is 316 g/mol. The van der Waals surface area contributed by atoms with Gasteiger partial charge in [0.05, 0.1) is 24.0 Å². The quantitative estimate of drug-likeness (QED) is 0.806. The van der Waals surface area contributed by atoms with Crippen molar-refractivity contribution < 1.29 is 14.3 Å². The van der Waals surface area contributed by atoms with E-state index in [4.69, 9.17) is 9.52 Å². The van der Waals surface area contributed by atoms with Gasteiger partial charge in [-0.25, -0.2) is 4.98 Å². The van der Waals surface area contributed by atoms with Crippen LogP contribution in [0.5, 0.6) is 0 Å². The van der Waals surface area contributed by atoms with Crippen molar-refractivity contribution in [2.75, 3.05) is 17.7 Å². The summed E-state index contributed by atoms with van der Waals surface area (Å²) in [6, 6.07) is 7.25. The van der Waals surface area contributed by atoms with Crippen molar-refractivity contribution in [3.05, 3.63) is 29.5 Å². The molecule has 2 heterocycles. The number of aliphatic hydroxyl groups excluding tert-OH is 1. The lowest BCUT2D eigenvalue weighted by Crippen LogP contribution is -2.11. The minimum absolute atomic E-state index is 0.0556. The predicted molar refractivity (Wildman–Crippen MR) is 83.5 cm³/mol. The van der Waals surface area contributed by atoms with Crippen LogP contribution in [-0.2, 0) is 4.79 Å². The summed E-state index contributed by atoms with van der Waals surface area (Å²) in [5.74, 6) is 0.330. The van der Waals surface area contributed by atoms with E-state index >= 15 is 0 Å². The lowest BCUT2D eigenvalue weighted by atomic mass is 10.0. The number of aliphatic hydroxyl groups is 1. The van der Waals surface area contributed by atoms with Crippen LogP contribution < -0.4 is 5.32 Å². The molecule has 23 heavy (non-hydrogen) atoms. The molecule has 0 aliphatic rings. The number of furan rings is 1. The maximum Gasteiger partial charge on any atom is 0.222 e. The summed E-state index contributed by atoms with van der Waals surface area (Å²) in [6.07, 6.45) is 1.43. The molecule has 0 atom stereocenters. The minimum atomic E-state index is -0.387. The first kappa shape index (κ1) is 16.6. The van der Waals surface area contributed by atoms with Crippen molar-refractivity contribution in [1.82, 2.24) is 4.98 Å². The number of nitrogens with zero attached hydrogens (tertiary/aromatic N) is 3. The third kappa shape index (κ3) is 3.51. The summed E-state index contributed by atoms with van der Waals surface area (Å²) in [7, 11) is 0. The second-order valence-electron chi connectivity index (χ2n) is 4.34. The lowest BCUT2D eigenvalue weighted by Gasteiger charge is -2.13. The number of thioether (sulfide) groups is 1. The van der Waals surface area contributed by atoms with Gasteiger partial charge >= 0.3 is 0 Å². The molecule has 0 spiro atoms. The van der Waals surface area contributed by atoms with E-state index in [-0.39, 0.29) is 35.0 Å². The maximum absolute atomic E-state index is 11.4. The van der Waals surface area contributed by atoms with Crippen LogP contribution in [0.2, 0.25) is 0 Å². The Labute approximate surface area is 136 Å². The van der Waals surface area contributed by atoms with Crippen LogP contribution in [0, 0.1) is 22.7 Å². The number of hydrogen-bond acceptors (Lipinski definition) is 7. The van der Waals surface area contributed by atoms with E-state index in [2.05, 4.69) is 10.3 Å². The van der Waals surface area contributed by atoms with Crippen LogP contribution in [0.3, 0.4) is 0 Å². The van der Waals surface area contributed by atoms with Gasteiger partial charge in [0, 0.05) is 12.7 Å². The van der Waals surface area contributed by atoms with Gasteiger partial charge in [-0.3, -0.25) is 4.79 Å². The normalized spacial score (nSPS) is 9.91. The molecule has 2 aromatic rings. The number of anilines is 1. The molecular formula is C15H12N4O3S. The molecule has 0 aliphatic carbocycles. The van der Waals surface area contributed by atoms with E-state index in [1.807, 2.05) is 12.1 Å². The van der Waals surface area contributed by atoms with Crippen LogP contribution >= 0.6 is 11.8 Å². The van der Waals surface area contributed by atoms with Crippen molar-refractivity contribution >= 4 is 23.5 Å². The van der Waals surface area contributed by atoms with E-state index < -0.39 is 0 Å². The van der Waals surface area contributed by atoms with Crippen molar-refractivity contribution in [2.45, 2.75) is 11.9 Å². The van der Waals surface area contributed by atoms with Crippen molar-refractivity contribution in [1.29, 1.82) is 10.5 Å². The van der Waals surface area contributed by atoms with Gasteiger partial charge in [-0.1, -0.05) is 0 Å². The average molecular weight is 328 g/mol. The predicted octanol–water partition coefficient (Wildman–Crippen LogP) is 2.13. The first-order valence-corrected chi connectivity index (χ1v) is 7.54. The third-order valence-electron chi connectivity index (χ3n) is 2.78. The first-order chi connectivity index (χ1) is 11.1. The highest BCUT2D eigenvalue weighted by atomic mass is 32.2. The summed E-state index contributed by atoms with van der Waals surface area (Å²) >= 11 is 1.16. The summed E-state index contributed by atoms with van der Waals surface area (Å²) in [6.45, 7) is 1.21. The zero-order valence-electron chi connectivity index (χ0n) is 12.2. The lowest BCUT2D eigenvalue weighted by molar-refractivity contribution is -0.114. The molecule has 8 heteroatoms. The summed E-state index contributed by atoms with van der Waals surface area (Å²) in [5.41, 5.74) is 0.503. The molecule has 1 amide bonds. The summed E-state index contributed by atoms with van der Waals surface area (Å²) < 4.78 is 5.32. The highest BCUT2D eigenvalue weighted by molar-refractivity contribution is 7.99. The zero-order chi connectivity index (χ0) is 16.8. The minimum Gasteiger partial charge on any atom is -0.464 e. The highest BCUT2D eigenvalue weighted by Crippen LogP contribution is 2.36. The number of carbonyl (C=O) groups is 1. The van der Waals surface area contributed by atoms with Gasteiger partial charge < -0.3 is 14.8 Å². The van der Waals surface area contributed by atoms with Crippen LogP contribution in [-0.4, -0.2) is 28.4 Å². The molecule has 0 fully saturated rings. The second kappa shape index (κ2) is 7.45. The van der Waals surface area contributed by atoms with E-state index in [0.29, 0.717) is 16.5 Å². The Hall–Kier alpha value is -2.81. The summed E-state index contributed by atoms with van der Waals surface area (Å²) in [4.78, 5) is 15.6. The molecule has 0 unspecified atom stereocenters. The van der Waals surface area contributed by atoms with Gasteiger partial charge in [0.1, 0.15) is 28.5 Å². The fourth-order valence-corrected chi connectivity index (χ4v) is 2.68. The van der Waals surface area contributed by atoms with E-state index in [1.165, 1.54) is 13.2 Å². The number of rotatable bonds is 5. The van der Waals surface area contributed by atoms with Gasteiger partial charge in [0.15, 0.2) is 5.82 Å². The fraction of sp³-hybridized carbons (Fsp3) is 0.200.